The number of amides is 1. The molecule has 0 spiro atoms. The Morgan fingerprint density at radius 2 is 2.03 bits per heavy atom. The molecule has 30 heavy (non-hydrogen) atoms. The van der Waals surface area contributed by atoms with Crippen molar-refractivity contribution in [2.45, 2.75) is 13.0 Å². The summed E-state index contributed by atoms with van der Waals surface area (Å²) in [7, 11) is 0. The number of halogens is 2. The van der Waals surface area contributed by atoms with Crippen molar-refractivity contribution in [3.8, 4) is 10.6 Å². The molecule has 3 atom stereocenters. The zero-order chi connectivity index (χ0) is 21.2. The van der Waals surface area contributed by atoms with Gasteiger partial charge in [-0.25, -0.2) is 9.78 Å². The molecule has 0 radical (unpaired) electrons. The molecule has 4 heterocycles. The summed E-state index contributed by atoms with van der Waals surface area (Å²) in [5.74, 6) is -0.611. The predicted octanol–water partition coefficient (Wildman–Crippen LogP) is 4.38. The third-order valence-electron chi connectivity index (χ3n) is 5.61. The lowest BCUT2D eigenvalue weighted by Crippen LogP contribution is -2.34. The topological polar surface area (TPSA) is 98.3 Å². The molecule has 0 aromatic carbocycles. The third-order valence-corrected chi connectivity index (χ3v) is 8.54. The molecule has 11 heteroatoms. The van der Waals surface area contributed by atoms with E-state index in [4.69, 9.17) is 23.2 Å². The van der Waals surface area contributed by atoms with Crippen LogP contribution in [0.4, 0.5) is 5.13 Å². The monoisotopic (exact) mass is 482 g/mol. The summed E-state index contributed by atoms with van der Waals surface area (Å²) in [5, 5.41) is 15.8. The Bertz CT molecular complexity index is 1150. The van der Waals surface area contributed by atoms with Crippen molar-refractivity contribution in [2.75, 3.05) is 18.0 Å². The van der Waals surface area contributed by atoms with E-state index in [1.807, 2.05) is 17.5 Å². The number of H-pyrrole nitrogens is 1. The van der Waals surface area contributed by atoms with Crippen LogP contribution in [0.3, 0.4) is 0 Å². The minimum atomic E-state index is -0.964. The fourth-order valence-electron chi connectivity index (χ4n) is 4.02. The highest BCUT2D eigenvalue weighted by molar-refractivity contribution is 7.19. The summed E-state index contributed by atoms with van der Waals surface area (Å²) in [5.41, 5.74) is 1.47. The normalized spacial score (nSPS) is 22.2. The first kappa shape index (κ1) is 19.9. The number of hydrogen-bond acceptors (Lipinski definition) is 6. The zero-order valence-electron chi connectivity index (χ0n) is 15.6. The van der Waals surface area contributed by atoms with Crippen molar-refractivity contribution in [1.82, 2.24) is 15.3 Å². The number of aromatic carboxylic acids is 1. The molecule has 0 bridgehead atoms. The summed E-state index contributed by atoms with van der Waals surface area (Å²) in [6, 6.07) is 3.83. The Balaban J connectivity index is 1.27. The quantitative estimate of drug-likeness (QED) is 0.501. The zero-order valence-corrected chi connectivity index (χ0v) is 18.8. The predicted molar refractivity (Wildman–Crippen MR) is 118 cm³/mol. The number of aromatic amines is 1. The molecule has 1 aliphatic heterocycles. The van der Waals surface area contributed by atoms with Crippen LogP contribution in [-0.2, 0) is 0 Å². The maximum absolute atomic E-state index is 12.5. The highest BCUT2D eigenvalue weighted by atomic mass is 35.5. The number of thiazole rings is 1. The Kier molecular flexibility index (Phi) is 4.81. The number of aryl methyl sites for hydroxylation is 1. The number of fused-ring (bicyclic) bond motifs is 1. The summed E-state index contributed by atoms with van der Waals surface area (Å²) in [6.07, 6.45) is 0. The molecule has 3 aromatic rings. The maximum atomic E-state index is 12.5. The third kappa shape index (κ3) is 3.20. The molecular weight excluding hydrogens is 467 g/mol. The lowest BCUT2D eigenvalue weighted by atomic mass is 10.3. The van der Waals surface area contributed by atoms with Gasteiger partial charge in [0.25, 0.3) is 5.91 Å². The van der Waals surface area contributed by atoms with E-state index in [9.17, 15) is 14.7 Å². The van der Waals surface area contributed by atoms with E-state index in [1.54, 1.807) is 6.92 Å². The summed E-state index contributed by atoms with van der Waals surface area (Å²) >= 11 is 14.9. The SMILES string of the molecule is Cc1[nH]c(C(=O)N[C@H]2[C@@H]3CN(c4nc(-c5cccs5)c(C(=O)O)s4)C[C@@H]32)c(Cl)c1Cl. The van der Waals surface area contributed by atoms with Gasteiger partial charge in [0.05, 0.1) is 14.9 Å². The van der Waals surface area contributed by atoms with Crippen molar-refractivity contribution in [3.05, 3.63) is 43.8 Å². The highest BCUT2D eigenvalue weighted by Gasteiger charge is 2.57. The van der Waals surface area contributed by atoms with Crippen LogP contribution in [0.5, 0.6) is 0 Å². The van der Waals surface area contributed by atoms with E-state index >= 15 is 0 Å². The molecule has 1 aliphatic carbocycles. The van der Waals surface area contributed by atoms with E-state index in [0.29, 0.717) is 33.4 Å². The van der Waals surface area contributed by atoms with Crippen LogP contribution in [0.25, 0.3) is 10.6 Å². The largest absolute Gasteiger partial charge is 0.477 e. The molecule has 1 saturated carbocycles. The van der Waals surface area contributed by atoms with Gasteiger partial charge in [0.2, 0.25) is 0 Å². The van der Waals surface area contributed by atoms with Crippen LogP contribution < -0.4 is 10.2 Å². The summed E-state index contributed by atoms with van der Waals surface area (Å²) in [6.45, 7) is 3.22. The first-order valence-corrected chi connectivity index (χ1v) is 11.7. The van der Waals surface area contributed by atoms with Crippen LogP contribution in [0.15, 0.2) is 17.5 Å². The number of carboxylic acid groups (broad SMARTS) is 1. The van der Waals surface area contributed by atoms with Gasteiger partial charge in [0.15, 0.2) is 5.13 Å². The van der Waals surface area contributed by atoms with Crippen LogP contribution in [0, 0.1) is 18.8 Å². The van der Waals surface area contributed by atoms with Crippen molar-refractivity contribution < 1.29 is 14.7 Å². The van der Waals surface area contributed by atoms with E-state index in [0.717, 1.165) is 18.0 Å². The molecule has 1 amide bonds. The Labute approximate surface area is 189 Å². The minimum Gasteiger partial charge on any atom is -0.477 e. The van der Waals surface area contributed by atoms with Gasteiger partial charge in [0, 0.05) is 36.7 Å². The number of thiophene rings is 1. The van der Waals surface area contributed by atoms with Gasteiger partial charge in [-0.3, -0.25) is 4.79 Å². The number of aromatic nitrogens is 2. The lowest BCUT2D eigenvalue weighted by Gasteiger charge is -2.19. The number of hydrogen-bond donors (Lipinski definition) is 3. The first-order chi connectivity index (χ1) is 14.3. The van der Waals surface area contributed by atoms with E-state index in [-0.39, 0.29) is 27.5 Å². The van der Waals surface area contributed by atoms with Crippen molar-refractivity contribution in [3.63, 3.8) is 0 Å². The Morgan fingerprint density at radius 3 is 2.60 bits per heavy atom. The molecule has 1 saturated heterocycles. The summed E-state index contributed by atoms with van der Waals surface area (Å²) in [4.78, 5) is 35.0. The number of nitrogens with one attached hydrogen (secondary N) is 2. The minimum absolute atomic E-state index is 0.0721. The van der Waals surface area contributed by atoms with Crippen LogP contribution in [0.2, 0.25) is 10.0 Å². The summed E-state index contributed by atoms with van der Waals surface area (Å²) < 4.78 is 0. The number of carbonyl (C=O) groups is 2. The smallest absolute Gasteiger partial charge is 0.348 e. The fourth-order valence-corrected chi connectivity index (χ4v) is 6.16. The number of anilines is 1. The molecule has 3 aromatic heterocycles. The second-order valence-electron chi connectivity index (χ2n) is 7.44. The van der Waals surface area contributed by atoms with E-state index in [2.05, 4.69) is 20.2 Å². The van der Waals surface area contributed by atoms with Gasteiger partial charge in [-0.2, -0.15) is 0 Å². The fraction of sp³-hybridized carbons (Fsp3) is 0.316. The van der Waals surface area contributed by atoms with Gasteiger partial charge in [-0.1, -0.05) is 40.6 Å². The van der Waals surface area contributed by atoms with E-state index < -0.39 is 5.97 Å². The number of rotatable bonds is 5. The van der Waals surface area contributed by atoms with Crippen LogP contribution >= 0.6 is 45.9 Å². The molecule has 3 N–H and O–H groups in total. The average Bonchev–Trinajstić information content (AvgIpc) is 3.29. The highest BCUT2D eigenvalue weighted by Crippen LogP contribution is 2.48. The molecular formula is C19H16Cl2N4O3S2. The van der Waals surface area contributed by atoms with Crippen LogP contribution in [0.1, 0.15) is 25.9 Å². The lowest BCUT2D eigenvalue weighted by molar-refractivity contribution is 0.0702. The van der Waals surface area contributed by atoms with Crippen molar-refractivity contribution in [1.29, 1.82) is 0 Å². The Morgan fingerprint density at radius 1 is 1.30 bits per heavy atom. The average molecular weight is 483 g/mol. The standard InChI is InChI=1S/C19H16Cl2N4O3S2/c1-7-11(20)12(21)15(22-7)17(26)23-13-8-5-25(6-9(8)13)19-24-14(10-3-2-4-29-10)16(30-19)18(27)28/h2-4,8-9,13,22H,5-6H2,1H3,(H,23,26)(H,27,28)/t8-,9+,13+. The molecule has 5 rings (SSSR count). The second kappa shape index (κ2) is 7.26. The van der Waals surface area contributed by atoms with Crippen molar-refractivity contribution >= 4 is 62.9 Å². The van der Waals surface area contributed by atoms with Crippen molar-refractivity contribution in [2.24, 2.45) is 11.8 Å². The molecule has 2 aliphatic rings. The molecule has 0 unspecified atom stereocenters. The molecule has 156 valence electrons. The Hall–Kier alpha value is -2.07. The van der Waals surface area contributed by atoms with E-state index in [1.165, 1.54) is 22.7 Å². The second-order valence-corrected chi connectivity index (χ2v) is 10.1. The van der Waals surface area contributed by atoms with Gasteiger partial charge >= 0.3 is 5.97 Å². The van der Waals surface area contributed by atoms with Gasteiger partial charge in [-0.15, -0.1) is 11.3 Å². The number of carbonyl (C=O) groups excluding carboxylic acids is 1. The van der Waals surface area contributed by atoms with Crippen LogP contribution in [-0.4, -0.2) is 46.1 Å². The number of carboxylic acids is 1. The number of nitrogens with zero attached hydrogens (tertiary/aromatic N) is 2. The molecule has 2 fully saturated rings. The first-order valence-electron chi connectivity index (χ1n) is 9.22. The van der Waals surface area contributed by atoms with Gasteiger partial charge in [0.1, 0.15) is 16.3 Å². The number of piperidine rings is 1. The maximum Gasteiger partial charge on any atom is 0.348 e. The molecule has 7 nitrogen and oxygen atoms in total. The van der Waals surface area contributed by atoms with Gasteiger partial charge in [-0.05, 0) is 18.4 Å². The van der Waals surface area contributed by atoms with Gasteiger partial charge < -0.3 is 20.3 Å².